The summed E-state index contributed by atoms with van der Waals surface area (Å²) in [6.07, 6.45) is 1.65. The summed E-state index contributed by atoms with van der Waals surface area (Å²) in [7, 11) is 0. The van der Waals surface area contributed by atoms with Crippen molar-refractivity contribution in [2.75, 3.05) is 0 Å². The number of amides is 1. The van der Waals surface area contributed by atoms with E-state index in [9.17, 15) is 15.0 Å². The second-order valence-electron chi connectivity index (χ2n) is 4.95. The third-order valence-corrected chi connectivity index (χ3v) is 4.25. The lowest BCUT2D eigenvalue weighted by Crippen LogP contribution is -1.90. The maximum absolute atomic E-state index is 12.0. The summed E-state index contributed by atoms with van der Waals surface area (Å²) in [6, 6.07) is 12.2. The van der Waals surface area contributed by atoms with Gasteiger partial charge in [-0.2, -0.15) is 0 Å². The zero-order valence-corrected chi connectivity index (χ0v) is 12.6. The second kappa shape index (κ2) is 5.69. The smallest absolute Gasteiger partial charge is 0.284 e. The Bertz CT molecular complexity index is 807. The first-order chi connectivity index (χ1) is 10.5. The average molecular weight is 311 g/mol. The fourth-order valence-electron chi connectivity index (χ4n) is 2.01. The van der Waals surface area contributed by atoms with Gasteiger partial charge in [0.2, 0.25) is 0 Å². The van der Waals surface area contributed by atoms with Crippen LogP contribution in [0.1, 0.15) is 16.7 Å². The van der Waals surface area contributed by atoms with Crippen LogP contribution >= 0.6 is 11.8 Å². The van der Waals surface area contributed by atoms with Crippen molar-refractivity contribution in [3.63, 3.8) is 0 Å². The van der Waals surface area contributed by atoms with Gasteiger partial charge in [-0.05, 0) is 30.7 Å². The number of nitrogens with zero attached hydrogens (tertiary/aromatic N) is 1. The Balaban J connectivity index is 1.86. The summed E-state index contributed by atoms with van der Waals surface area (Å²) in [6.45, 7) is 2.00. The Morgan fingerprint density at radius 1 is 1.05 bits per heavy atom. The van der Waals surface area contributed by atoms with Crippen molar-refractivity contribution in [2.45, 2.75) is 6.92 Å². The molecule has 5 heteroatoms. The van der Waals surface area contributed by atoms with Gasteiger partial charge < -0.3 is 10.2 Å². The molecule has 0 atom stereocenters. The van der Waals surface area contributed by atoms with E-state index >= 15 is 0 Å². The Morgan fingerprint density at radius 2 is 1.77 bits per heavy atom. The van der Waals surface area contributed by atoms with Gasteiger partial charge in [0.05, 0.1) is 4.91 Å². The summed E-state index contributed by atoms with van der Waals surface area (Å²) >= 11 is 1.30. The fourth-order valence-corrected chi connectivity index (χ4v) is 2.93. The molecule has 0 bridgehead atoms. The fraction of sp³-hybridized carbons (Fsp3) is 0.0588. The Labute approximate surface area is 131 Å². The number of benzene rings is 2. The standard InChI is InChI=1S/C17H13NO3S/c1-10-2-5-12(6-3-10)17-18-16(21)15(22-17)9-11-4-7-13(19)14(20)8-11/h2-9,19-20H,1H3/b15-9-. The molecule has 1 aliphatic heterocycles. The van der Waals surface area contributed by atoms with Gasteiger partial charge in [-0.25, -0.2) is 4.99 Å². The molecule has 2 aromatic rings. The summed E-state index contributed by atoms with van der Waals surface area (Å²) < 4.78 is 0. The molecule has 0 radical (unpaired) electrons. The quantitative estimate of drug-likeness (QED) is 0.658. The zero-order valence-electron chi connectivity index (χ0n) is 11.8. The van der Waals surface area contributed by atoms with Crippen LogP contribution < -0.4 is 0 Å². The van der Waals surface area contributed by atoms with Crippen LogP contribution in [0.25, 0.3) is 6.08 Å². The number of hydrogen-bond acceptors (Lipinski definition) is 4. The number of carbonyl (C=O) groups is 1. The summed E-state index contributed by atoms with van der Waals surface area (Å²) in [5.41, 5.74) is 2.68. The summed E-state index contributed by atoms with van der Waals surface area (Å²) in [5, 5.41) is 19.5. The van der Waals surface area contributed by atoms with E-state index in [0.29, 0.717) is 15.5 Å². The number of hydrogen-bond donors (Lipinski definition) is 2. The molecule has 22 heavy (non-hydrogen) atoms. The first kappa shape index (κ1) is 14.4. The van der Waals surface area contributed by atoms with Crippen molar-refractivity contribution in [2.24, 2.45) is 4.99 Å². The van der Waals surface area contributed by atoms with Gasteiger partial charge >= 0.3 is 0 Å². The van der Waals surface area contributed by atoms with Gasteiger partial charge in [0.25, 0.3) is 5.91 Å². The van der Waals surface area contributed by atoms with Crippen molar-refractivity contribution < 1.29 is 15.0 Å². The van der Waals surface area contributed by atoms with Gasteiger partial charge in [0.15, 0.2) is 11.5 Å². The highest BCUT2D eigenvalue weighted by molar-refractivity contribution is 8.19. The maximum atomic E-state index is 12.0. The zero-order chi connectivity index (χ0) is 15.7. The van der Waals surface area contributed by atoms with E-state index in [4.69, 9.17) is 0 Å². The van der Waals surface area contributed by atoms with E-state index < -0.39 is 0 Å². The number of rotatable bonds is 2. The number of aromatic hydroxyl groups is 2. The van der Waals surface area contributed by atoms with Crippen molar-refractivity contribution in [3.05, 3.63) is 64.1 Å². The lowest BCUT2D eigenvalue weighted by molar-refractivity contribution is -0.113. The maximum Gasteiger partial charge on any atom is 0.284 e. The van der Waals surface area contributed by atoms with Gasteiger partial charge in [0, 0.05) is 5.56 Å². The Kier molecular flexibility index (Phi) is 3.73. The lowest BCUT2D eigenvalue weighted by atomic mass is 10.2. The molecular weight excluding hydrogens is 298 g/mol. The minimum Gasteiger partial charge on any atom is -0.504 e. The van der Waals surface area contributed by atoms with E-state index in [1.165, 1.54) is 23.9 Å². The highest BCUT2D eigenvalue weighted by Gasteiger charge is 2.22. The van der Waals surface area contributed by atoms with Crippen LogP contribution in [0.4, 0.5) is 0 Å². The van der Waals surface area contributed by atoms with Crippen molar-refractivity contribution in [1.82, 2.24) is 0 Å². The molecule has 0 unspecified atom stereocenters. The molecule has 4 nitrogen and oxygen atoms in total. The number of phenolic OH excluding ortho intramolecular Hbond substituents is 2. The lowest BCUT2D eigenvalue weighted by Gasteiger charge is -2.01. The first-order valence-electron chi connectivity index (χ1n) is 6.64. The van der Waals surface area contributed by atoms with Crippen LogP contribution in [-0.2, 0) is 4.79 Å². The summed E-state index contributed by atoms with van der Waals surface area (Å²) in [5.74, 6) is -0.707. The second-order valence-corrected chi connectivity index (χ2v) is 5.98. The average Bonchev–Trinajstić information content (AvgIpc) is 2.85. The highest BCUT2D eigenvalue weighted by atomic mass is 32.2. The largest absolute Gasteiger partial charge is 0.504 e. The van der Waals surface area contributed by atoms with E-state index in [1.54, 1.807) is 12.1 Å². The third-order valence-electron chi connectivity index (χ3n) is 3.22. The minimum absolute atomic E-state index is 0.191. The van der Waals surface area contributed by atoms with Crippen LogP contribution in [0.5, 0.6) is 11.5 Å². The molecule has 2 aromatic carbocycles. The molecule has 110 valence electrons. The van der Waals surface area contributed by atoms with Crippen LogP contribution in [0.2, 0.25) is 0 Å². The Hall–Kier alpha value is -2.53. The number of phenols is 2. The predicted molar refractivity (Wildman–Crippen MR) is 88.1 cm³/mol. The van der Waals surface area contributed by atoms with Gasteiger partial charge in [-0.1, -0.05) is 47.7 Å². The minimum atomic E-state index is -0.298. The van der Waals surface area contributed by atoms with Gasteiger partial charge in [-0.15, -0.1) is 0 Å². The van der Waals surface area contributed by atoms with Gasteiger partial charge in [0.1, 0.15) is 5.04 Å². The van der Waals surface area contributed by atoms with Crippen molar-refractivity contribution >= 4 is 28.8 Å². The highest BCUT2D eigenvalue weighted by Crippen LogP contribution is 2.33. The number of thioether (sulfide) groups is 1. The molecule has 0 saturated heterocycles. The molecule has 2 N–H and O–H groups in total. The normalized spacial score (nSPS) is 16.1. The predicted octanol–water partition coefficient (Wildman–Crippen LogP) is 3.47. The molecule has 3 rings (SSSR count). The topological polar surface area (TPSA) is 69.9 Å². The SMILES string of the molecule is Cc1ccc(C2=NC(=O)/C(=C/c3ccc(O)c(O)c3)S2)cc1. The molecule has 0 fully saturated rings. The van der Waals surface area contributed by atoms with E-state index in [-0.39, 0.29) is 17.4 Å². The monoisotopic (exact) mass is 311 g/mol. The summed E-state index contributed by atoms with van der Waals surface area (Å²) in [4.78, 5) is 16.5. The molecule has 1 heterocycles. The molecule has 0 aliphatic carbocycles. The van der Waals surface area contributed by atoms with E-state index in [2.05, 4.69) is 4.99 Å². The molecule has 0 spiro atoms. The molecule has 1 amide bonds. The molecule has 1 aliphatic rings. The number of aliphatic imine (C=N–C) groups is 1. The number of aryl methyl sites for hydroxylation is 1. The van der Waals surface area contributed by atoms with Crippen molar-refractivity contribution in [1.29, 1.82) is 0 Å². The third kappa shape index (κ3) is 2.89. The molecule has 0 saturated carbocycles. The number of carbonyl (C=O) groups excluding carboxylic acids is 1. The van der Waals surface area contributed by atoms with E-state index in [1.807, 2.05) is 31.2 Å². The van der Waals surface area contributed by atoms with Gasteiger partial charge in [-0.3, -0.25) is 4.79 Å². The van der Waals surface area contributed by atoms with E-state index in [0.717, 1.165) is 11.1 Å². The van der Waals surface area contributed by atoms with Crippen LogP contribution in [0.15, 0.2) is 52.4 Å². The first-order valence-corrected chi connectivity index (χ1v) is 7.46. The van der Waals surface area contributed by atoms with Crippen LogP contribution in [0.3, 0.4) is 0 Å². The molecule has 0 aromatic heterocycles. The van der Waals surface area contributed by atoms with Crippen molar-refractivity contribution in [3.8, 4) is 11.5 Å². The van der Waals surface area contributed by atoms with Crippen LogP contribution in [0, 0.1) is 6.92 Å². The van der Waals surface area contributed by atoms with Crippen LogP contribution in [-0.4, -0.2) is 21.2 Å². The Morgan fingerprint density at radius 3 is 2.45 bits per heavy atom. The molecular formula is C17H13NO3S.